The molecule has 1 saturated heterocycles. The number of rotatable bonds is 5. The van der Waals surface area contributed by atoms with Crippen LogP contribution in [0.1, 0.15) is 25.1 Å². The molecule has 1 aliphatic rings. The Bertz CT molecular complexity index is 715. The van der Waals surface area contributed by atoms with Crippen molar-refractivity contribution in [1.82, 2.24) is 24.6 Å². The first-order valence-corrected chi connectivity index (χ1v) is 8.56. The predicted molar refractivity (Wildman–Crippen MR) is 94.1 cm³/mol. The minimum absolute atomic E-state index is 0.0455. The number of aromatic nitrogens is 3. The van der Waals surface area contributed by atoms with E-state index in [9.17, 15) is 9.90 Å². The molecule has 2 aromatic rings. The van der Waals surface area contributed by atoms with Crippen molar-refractivity contribution in [3.05, 3.63) is 42.5 Å². The third-order valence-electron chi connectivity index (χ3n) is 4.54. The van der Waals surface area contributed by atoms with Crippen molar-refractivity contribution >= 4 is 5.91 Å². The van der Waals surface area contributed by atoms with E-state index in [-0.39, 0.29) is 12.3 Å². The average Bonchev–Trinajstić information content (AvgIpc) is 3.03. The predicted octanol–water partition coefficient (Wildman–Crippen LogP) is 1.07. The maximum atomic E-state index is 12.0. The van der Waals surface area contributed by atoms with Crippen molar-refractivity contribution in [2.75, 3.05) is 27.2 Å². The van der Waals surface area contributed by atoms with Crippen LogP contribution in [0.2, 0.25) is 0 Å². The van der Waals surface area contributed by atoms with Crippen LogP contribution >= 0.6 is 0 Å². The number of β-amino-alcohol motifs (C(OH)–C–C–N with tert-alkyl or cyclic N) is 1. The Morgan fingerprint density at radius 2 is 2.08 bits per heavy atom. The Labute approximate surface area is 147 Å². The monoisotopic (exact) mass is 343 g/mol. The molecule has 0 spiro atoms. The van der Waals surface area contributed by atoms with Gasteiger partial charge in [0, 0.05) is 20.6 Å². The number of hydrogen-bond donors (Lipinski definition) is 1. The van der Waals surface area contributed by atoms with E-state index in [1.54, 1.807) is 25.1 Å². The van der Waals surface area contributed by atoms with Crippen LogP contribution in [0.25, 0.3) is 5.69 Å². The number of hydrogen-bond acceptors (Lipinski definition) is 5. The third kappa shape index (κ3) is 4.43. The summed E-state index contributed by atoms with van der Waals surface area (Å²) >= 11 is 0. The molecule has 3 rings (SSSR count). The summed E-state index contributed by atoms with van der Waals surface area (Å²) in [5.41, 5.74) is -0.00491. The number of benzene rings is 1. The number of amides is 1. The minimum Gasteiger partial charge on any atom is -0.388 e. The molecule has 134 valence electrons. The van der Waals surface area contributed by atoms with E-state index < -0.39 is 5.60 Å². The van der Waals surface area contributed by atoms with Crippen molar-refractivity contribution in [3.8, 4) is 5.69 Å². The fourth-order valence-corrected chi connectivity index (χ4v) is 3.20. The Balaban J connectivity index is 1.63. The highest BCUT2D eigenvalue weighted by atomic mass is 16.3. The van der Waals surface area contributed by atoms with Gasteiger partial charge < -0.3 is 10.0 Å². The third-order valence-corrected chi connectivity index (χ3v) is 4.54. The van der Waals surface area contributed by atoms with Gasteiger partial charge in [0.05, 0.1) is 24.3 Å². The number of piperidine rings is 1. The largest absolute Gasteiger partial charge is 0.388 e. The number of para-hydroxylation sites is 1. The lowest BCUT2D eigenvalue weighted by Gasteiger charge is -2.38. The first-order valence-electron chi connectivity index (χ1n) is 8.56. The Hall–Kier alpha value is -2.25. The van der Waals surface area contributed by atoms with Crippen LogP contribution in [-0.2, 0) is 11.3 Å². The highest BCUT2D eigenvalue weighted by Gasteiger charge is 2.36. The van der Waals surface area contributed by atoms with Gasteiger partial charge in [0.2, 0.25) is 5.91 Å². The summed E-state index contributed by atoms with van der Waals surface area (Å²) in [6.07, 6.45) is 3.37. The van der Waals surface area contributed by atoms with Crippen LogP contribution in [0.15, 0.2) is 36.7 Å². The Morgan fingerprint density at radius 1 is 1.32 bits per heavy atom. The van der Waals surface area contributed by atoms with E-state index in [1.165, 1.54) is 4.90 Å². The molecule has 0 saturated carbocycles. The van der Waals surface area contributed by atoms with E-state index in [4.69, 9.17) is 0 Å². The van der Waals surface area contributed by atoms with Crippen molar-refractivity contribution in [1.29, 1.82) is 0 Å². The van der Waals surface area contributed by atoms with Gasteiger partial charge in [-0.15, -0.1) is 5.10 Å². The number of aliphatic hydroxyl groups is 1. The number of nitrogens with zero attached hydrogens (tertiary/aromatic N) is 5. The first kappa shape index (κ1) is 17.6. The van der Waals surface area contributed by atoms with Gasteiger partial charge in [-0.05, 0) is 31.5 Å². The first-order chi connectivity index (χ1) is 12.0. The van der Waals surface area contributed by atoms with Gasteiger partial charge >= 0.3 is 0 Å². The van der Waals surface area contributed by atoms with Crippen LogP contribution in [-0.4, -0.2) is 68.4 Å². The number of carbonyl (C=O) groups is 1. The lowest BCUT2D eigenvalue weighted by Crippen LogP contribution is -2.50. The molecule has 1 aromatic carbocycles. The molecule has 1 unspecified atom stereocenters. The van der Waals surface area contributed by atoms with Gasteiger partial charge in [-0.25, -0.2) is 9.67 Å². The summed E-state index contributed by atoms with van der Waals surface area (Å²) in [6.45, 7) is 1.91. The topological polar surface area (TPSA) is 74.5 Å². The molecule has 0 aliphatic carbocycles. The summed E-state index contributed by atoms with van der Waals surface area (Å²) in [6, 6.07) is 9.84. The zero-order chi connectivity index (χ0) is 17.9. The number of carbonyl (C=O) groups excluding carboxylic acids is 1. The molecule has 1 fully saturated rings. The maximum Gasteiger partial charge on any atom is 0.224 e. The molecule has 1 aliphatic heterocycles. The molecule has 7 nitrogen and oxygen atoms in total. The molecule has 0 bridgehead atoms. The smallest absolute Gasteiger partial charge is 0.224 e. The van der Waals surface area contributed by atoms with Crippen molar-refractivity contribution in [2.45, 2.75) is 31.4 Å². The van der Waals surface area contributed by atoms with Crippen LogP contribution in [0.4, 0.5) is 0 Å². The zero-order valence-electron chi connectivity index (χ0n) is 14.8. The summed E-state index contributed by atoms with van der Waals surface area (Å²) < 4.78 is 1.75. The Kier molecular flexibility index (Phi) is 5.15. The van der Waals surface area contributed by atoms with Crippen LogP contribution < -0.4 is 0 Å². The second kappa shape index (κ2) is 7.33. The van der Waals surface area contributed by atoms with E-state index in [0.29, 0.717) is 25.3 Å². The van der Waals surface area contributed by atoms with Gasteiger partial charge in [-0.2, -0.15) is 0 Å². The maximum absolute atomic E-state index is 12.0. The van der Waals surface area contributed by atoms with Gasteiger partial charge in [0.25, 0.3) is 0 Å². The summed E-state index contributed by atoms with van der Waals surface area (Å²) in [5.74, 6) is 0.669. The molecule has 0 radical (unpaired) electrons. The molecule has 25 heavy (non-hydrogen) atoms. The normalized spacial score (nSPS) is 21.2. The standard InChI is InChI=1S/C18H25N5O2/c1-21(2)17(24)11-18(25)9-6-10-22(13-18)12-16-19-14-23(20-16)15-7-4-3-5-8-15/h3-5,7-8,14,25H,6,9-13H2,1-2H3. The second-order valence-corrected chi connectivity index (χ2v) is 6.94. The summed E-state index contributed by atoms with van der Waals surface area (Å²) in [5, 5.41) is 15.3. The molecular weight excluding hydrogens is 318 g/mol. The van der Waals surface area contributed by atoms with Crippen LogP contribution in [0, 0.1) is 0 Å². The lowest BCUT2D eigenvalue weighted by molar-refractivity contribution is -0.136. The molecule has 1 atom stereocenters. The highest BCUT2D eigenvalue weighted by molar-refractivity contribution is 5.76. The summed E-state index contributed by atoms with van der Waals surface area (Å²) in [7, 11) is 3.43. The van der Waals surface area contributed by atoms with Gasteiger partial charge in [0.1, 0.15) is 6.33 Å². The molecule has 7 heteroatoms. The number of likely N-dealkylation sites (tertiary alicyclic amines) is 1. The summed E-state index contributed by atoms with van der Waals surface area (Å²) in [4.78, 5) is 20.0. The van der Waals surface area contributed by atoms with Crippen molar-refractivity contribution < 1.29 is 9.90 Å². The van der Waals surface area contributed by atoms with Gasteiger partial charge in [-0.1, -0.05) is 18.2 Å². The quantitative estimate of drug-likeness (QED) is 0.879. The van der Waals surface area contributed by atoms with E-state index in [0.717, 1.165) is 18.7 Å². The minimum atomic E-state index is -0.971. The SMILES string of the molecule is CN(C)C(=O)CC1(O)CCCN(Cc2ncn(-c3ccccc3)n2)C1. The van der Waals surface area contributed by atoms with Gasteiger partial charge in [-0.3, -0.25) is 9.69 Å². The van der Waals surface area contributed by atoms with Gasteiger partial charge in [0.15, 0.2) is 5.82 Å². The van der Waals surface area contributed by atoms with E-state index >= 15 is 0 Å². The van der Waals surface area contributed by atoms with Crippen LogP contribution in [0.5, 0.6) is 0 Å². The van der Waals surface area contributed by atoms with Crippen LogP contribution in [0.3, 0.4) is 0 Å². The zero-order valence-corrected chi connectivity index (χ0v) is 14.8. The Morgan fingerprint density at radius 3 is 2.80 bits per heavy atom. The molecular formula is C18H25N5O2. The fraction of sp³-hybridized carbons (Fsp3) is 0.500. The van der Waals surface area contributed by atoms with E-state index in [1.807, 2.05) is 30.3 Å². The molecule has 1 aromatic heterocycles. The van der Waals surface area contributed by atoms with Crippen molar-refractivity contribution in [3.63, 3.8) is 0 Å². The average molecular weight is 343 g/mol. The molecule has 2 heterocycles. The fourth-order valence-electron chi connectivity index (χ4n) is 3.20. The lowest BCUT2D eigenvalue weighted by atomic mass is 9.89. The van der Waals surface area contributed by atoms with E-state index in [2.05, 4.69) is 15.0 Å². The van der Waals surface area contributed by atoms with Crippen molar-refractivity contribution in [2.24, 2.45) is 0 Å². The molecule has 1 N–H and O–H groups in total. The highest BCUT2D eigenvalue weighted by Crippen LogP contribution is 2.25. The molecule has 1 amide bonds. The second-order valence-electron chi connectivity index (χ2n) is 6.94.